The smallest absolute Gasteiger partial charge is 0.309 e. The van der Waals surface area contributed by atoms with Gasteiger partial charge in [0.2, 0.25) is 0 Å². The predicted octanol–water partition coefficient (Wildman–Crippen LogP) is 6.41. The van der Waals surface area contributed by atoms with Crippen molar-refractivity contribution < 1.29 is 28.2 Å². The Balaban J connectivity index is 1.49. The average molecular weight is 751 g/mol. The normalized spacial score (nSPS) is 16.3. The largest absolute Gasteiger partial charge is 0.469 e. The van der Waals surface area contributed by atoms with E-state index in [0.717, 1.165) is 22.3 Å². The Morgan fingerprint density at radius 3 is 0.963 bits per heavy atom. The number of ether oxygens (including phenoxy) is 2. The van der Waals surface area contributed by atoms with Gasteiger partial charge < -0.3 is 18.6 Å². The molecule has 0 N–H and O–H groups in total. The fourth-order valence-electron chi connectivity index (χ4n) is 8.34. The lowest BCUT2D eigenvalue weighted by atomic mass is 9.97. The zero-order valence-corrected chi connectivity index (χ0v) is 32.0. The van der Waals surface area contributed by atoms with Gasteiger partial charge in [-0.15, -0.1) is 0 Å². The zero-order valence-electron chi connectivity index (χ0n) is 30.2. The monoisotopic (exact) mass is 750 g/mol. The molecule has 2 unspecified atom stereocenters. The van der Waals surface area contributed by atoms with Crippen LogP contribution in [-0.4, -0.2) is 26.2 Å². The minimum atomic E-state index is -3.61. The first kappa shape index (κ1) is 35.7. The first-order valence-corrected chi connectivity index (χ1v) is 21.6. The predicted molar refractivity (Wildman–Crippen MR) is 216 cm³/mol. The SMILES string of the molecule is COC(=O)C1Cc2cc(-c3cc4c(cc3P(=O)(c3ccccc3)c3ccccc3)CC(C(=O)OC)C4)c(P(=O)(c3ccccc3)c3ccccc3)cc2C1. The van der Waals surface area contributed by atoms with E-state index in [2.05, 4.69) is 12.1 Å². The van der Waals surface area contributed by atoms with Crippen LogP contribution in [-0.2, 0) is 53.9 Å². The van der Waals surface area contributed by atoms with Crippen LogP contribution < -0.4 is 31.8 Å². The molecule has 0 spiro atoms. The molecule has 0 aliphatic heterocycles. The second kappa shape index (κ2) is 14.5. The van der Waals surface area contributed by atoms with Crippen LogP contribution in [0.2, 0.25) is 0 Å². The molecule has 2 atom stereocenters. The quantitative estimate of drug-likeness (QED) is 0.126. The van der Waals surface area contributed by atoms with Gasteiger partial charge in [-0.2, -0.15) is 0 Å². The number of rotatable bonds is 9. The van der Waals surface area contributed by atoms with Crippen LogP contribution in [0.1, 0.15) is 22.3 Å². The summed E-state index contributed by atoms with van der Waals surface area (Å²) in [4.78, 5) is 25.9. The van der Waals surface area contributed by atoms with E-state index in [1.807, 2.05) is 133 Å². The summed E-state index contributed by atoms with van der Waals surface area (Å²) in [6.07, 6.45) is 1.86. The highest BCUT2D eigenvalue weighted by Gasteiger charge is 2.40. The zero-order chi connectivity index (χ0) is 37.5. The number of hydrogen-bond acceptors (Lipinski definition) is 6. The van der Waals surface area contributed by atoms with Gasteiger partial charge >= 0.3 is 11.9 Å². The van der Waals surface area contributed by atoms with E-state index in [4.69, 9.17) is 9.47 Å². The molecule has 6 nitrogen and oxygen atoms in total. The molecule has 6 aromatic rings. The summed E-state index contributed by atoms with van der Waals surface area (Å²) in [6, 6.07) is 46.3. The molecule has 0 heterocycles. The van der Waals surface area contributed by atoms with Crippen molar-refractivity contribution in [2.24, 2.45) is 11.8 Å². The lowest BCUT2D eigenvalue weighted by molar-refractivity contribution is -0.145. The van der Waals surface area contributed by atoms with Crippen LogP contribution in [0.15, 0.2) is 146 Å². The van der Waals surface area contributed by atoms with E-state index in [0.29, 0.717) is 68.6 Å². The number of hydrogen-bond donors (Lipinski definition) is 0. The first-order chi connectivity index (χ1) is 26.2. The molecule has 0 radical (unpaired) electrons. The van der Waals surface area contributed by atoms with Gasteiger partial charge in [0.25, 0.3) is 0 Å². The molecule has 2 aliphatic rings. The Morgan fingerprint density at radius 2 is 0.704 bits per heavy atom. The van der Waals surface area contributed by atoms with Gasteiger partial charge in [0, 0.05) is 31.8 Å². The number of carbonyl (C=O) groups is 2. The van der Waals surface area contributed by atoms with E-state index in [1.165, 1.54) is 14.2 Å². The molecular formula is C46H40O6P2. The average Bonchev–Trinajstić information content (AvgIpc) is 3.87. The van der Waals surface area contributed by atoms with Crippen LogP contribution in [0.25, 0.3) is 11.1 Å². The molecule has 0 bridgehead atoms. The highest BCUT2D eigenvalue weighted by molar-refractivity contribution is 7.86. The summed E-state index contributed by atoms with van der Waals surface area (Å²) in [7, 11) is -4.41. The Bertz CT molecular complexity index is 2200. The molecular weight excluding hydrogens is 710 g/mol. The standard InChI is InChI=1S/C46H40O6P2/c1-51-45(47)35-23-31-27-41(43(29-33(31)25-35)53(49,37-15-7-3-8-16-37)38-17-9-4-10-18-38)42-28-32-24-36(46(48)52-2)26-34(32)30-44(42)54(50,39-19-11-5-12-20-39)40-21-13-6-14-22-40/h3-22,27-30,35-36H,23-26H2,1-2H3. The van der Waals surface area contributed by atoms with Crippen molar-refractivity contribution in [2.75, 3.05) is 14.2 Å². The third kappa shape index (κ3) is 6.08. The van der Waals surface area contributed by atoms with E-state index in [-0.39, 0.29) is 23.8 Å². The Morgan fingerprint density at radius 1 is 0.444 bits per heavy atom. The third-order valence-corrected chi connectivity index (χ3v) is 17.2. The molecule has 2 aliphatic carbocycles. The number of esters is 2. The van der Waals surface area contributed by atoms with Crippen molar-refractivity contribution in [1.82, 2.24) is 0 Å². The van der Waals surface area contributed by atoms with Crippen LogP contribution in [0.5, 0.6) is 0 Å². The lowest BCUT2D eigenvalue weighted by Crippen LogP contribution is -2.30. The topological polar surface area (TPSA) is 86.7 Å². The molecule has 0 fully saturated rings. The van der Waals surface area contributed by atoms with E-state index < -0.39 is 14.3 Å². The van der Waals surface area contributed by atoms with Gasteiger partial charge in [-0.1, -0.05) is 133 Å². The third-order valence-electron chi connectivity index (χ3n) is 11.0. The molecule has 8 rings (SSSR count). The van der Waals surface area contributed by atoms with Crippen LogP contribution in [0, 0.1) is 11.8 Å². The second-order valence-corrected chi connectivity index (χ2v) is 19.6. The highest BCUT2D eigenvalue weighted by Crippen LogP contribution is 2.51. The Hall–Kier alpha value is -5.28. The van der Waals surface area contributed by atoms with Crippen molar-refractivity contribution in [2.45, 2.75) is 25.7 Å². The van der Waals surface area contributed by atoms with Crippen molar-refractivity contribution in [3.63, 3.8) is 0 Å². The van der Waals surface area contributed by atoms with Crippen molar-refractivity contribution in [3.8, 4) is 11.1 Å². The molecule has 8 heteroatoms. The van der Waals surface area contributed by atoms with E-state index >= 15 is 9.13 Å². The van der Waals surface area contributed by atoms with Gasteiger partial charge in [0.1, 0.15) is 0 Å². The van der Waals surface area contributed by atoms with E-state index in [1.54, 1.807) is 0 Å². The van der Waals surface area contributed by atoms with E-state index in [9.17, 15) is 9.59 Å². The Labute approximate surface area is 315 Å². The lowest BCUT2D eigenvalue weighted by Gasteiger charge is -2.28. The fraction of sp³-hybridized carbons (Fsp3) is 0.174. The molecule has 270 valence electrons. The molecule has 0 aromatic heterocycles. The maximum Gasteiger partial charge on any atom is 0.309 e. The van der Waals surface area contributed by atoms with Gasteiger partial charge in [0.05, 0.1) is 26.1 Å². The fourth-order valence-corrected chi connectivity index (χ4v) is 14.1. The van der Waals surface area contributed by atoms with Crippen LogP contribution >= 0.6 is 14.3 Å². The highest BCUT2D eigenvalue weighted by atomic mass is 31.2. The summed E-state index contributed by atoms with van der Waals surface area (Å²) < 4.78 is 43.2. The molecule has 0 saturated heterocycles. The summed E-state index contributed by atoms with van der Waals surface area (Å²) in [5, 5.41) is 3.90. The van der Waals surface area contributed by atoms with Gasteiger partial charge in [-0.3, -0.25) is 9.59 Å². The van der Waals surface area contributed by atoms with Crippen LogP contribution in [0.3, 0.4) is 0 Å². The summed E-state index contributed by atoms with van der Waals surface area (Å²) in [6.45, 7) is 0. The number of carbonyl (C=O) groups excluding carboxylic acids is 2. The van der Waals surface area contributed by atoms with Gasteiger partial charge in [-0.25, -0.2) is 0 Å². The minimum Gasteiger partial charge on any atom is -0.469 e. The summed E-state index contributed by atoms with van der Waals surface area (Å²) >= 11 is 0. The molecule has 6 aromatic carbocycles. The summed E-state index contributed by atoms with van der Waals surface area (Å²) in [5.74, 6) is -1.32. The Kier molecular flexibility index (Phi) is 9.60. The minimum absolute atomic E-state index is 0.284. The number of benzene rings is 6. The number of methoxy groups -OCH3 is 2. The van der Waals surface area contributed by atoms with Gasteiger partial charge in [-0.05, 0) is 71.2 Å². The van der Waals surface area contributed by atoms with Crippen molar-refractivity contribution >= 4 is 58.0 Å². The first-order valence-electron chi connectivity index (χ1n) is 18.2. The summed E-state index contributed by atoms with van der Waals surface area (Å²) in [5.41, 5.74) is 5.20. The molecule has 0 saturated carbocycles. The maximum absolute atomic E-state index is 16.4. The maximum atomic E-state index is 16.4. The van der Waals surface area contributed by atoms with Crippen LogP contribution in [0.4, 0.5) is 0 Å². The van der Waals surface area contributed by atoms with Crippen molar-refractivity contribution in [1.29, 1.82) is 0 Å². The molecule has 0 amide bonds. The van der Waals surface area contributed by atoms with Crippen molar-refractivity contribution in [3.05, 3.63) is 168 Å². The second-order valence-electron chi connectivity index (χ2n) is 14.1. The number of fused-ring (bicyclic) bond motifs is 2. The van der Waals surface area contributed by atoms with Gasteiger partial charge in [0.15, 0.2) is 14.3 Å². The molecule has 54 heavy (non-hydrogen) atoms.